The summed E-state index contributed by atoms with van der Waals surface area (Å²) in [6.45, 7) is 10.5. The fraction of sp³-hybridized carbons (Fsp3) is 0.440. The summed E-state index contributed by atoms with van der Waals surface area (Å²) in [6, 6.07) is 13.4. The highest BCUT2D eigenvalue weighted by molar-refractivity contribution is 5.93. The molecule has 0 aliphatic carbocycles. The number of hydrogen-bond donors (Lipinski definition) is 3. The van der Waals surface area contributed by atoms with Crippen molar-refractivity contribution >= 4 is 23.3 Å². The van der Waals surface area contributed by atoms with E-state index in [2.05, 4.69) is 65.9 Å². The van der Waals surface area contributed by atoms with Gasteiger partial charge in [0.05, 0.1) is 12.8 Å². The van der Waals surface area contributed by atoms with Gasteiger partial charge in [-0.25, -0.2) is 4.79 Å². The summed E-state index contributed by atoms with van der Waals surface area (Å²) in [4.78, 5) is 26.6. The predicted molar refractivity (Wildman–Crippen MR) is 128 cm³/mol. The molecule has 0 fully saturated rings. The van der Waals surface area contributed by atoms with Crippen molar-refractivity contribution in [3.05, 3.63) is 53.6 Å². The van der Waals surface area contributed by atoms with Gasteiger partial charge in [-0.2, -0.15) is 0 Å². The number of fused-ring (bicyclic) bond motifs is 1. The highest BCUT2D eigenvalue weighted by Crippen LogP contribution is 2.28. The molecule has 0 unspecified atom stereocenters. The summed E-state index contributed by atoms with van der Waals surface area (Å²) in [6.07, 6.45) is 1.03. The van der Waals surface area contributed by atoms with Gasteiger partial charge in [0.2, 0.25) is 5.91 Å². The number of nitrogens with one attached hydrogen (secondary N) is 3. The van der Waals surface area contributed by atoms with E-state index in [4.69, 9.17) is 4.74 Å². The van der Waals surface area contributed by atoms with Gasteiger partial charge < -0.3 is 20.7 Å². The maximum absolute atomic E-state index is 12.8. The maximum Gasteiger partial charge on any atom is 0.319 e. The molecule has 7 heteroatoms. The molecule has 0 radical (unpaired) electrons. The number of rotatable bonds is 6. The van der Waals surface area contributed by atoms with Gasteiger partial charge in [0.25, 0.3) is 0 Å². The predicted octanol–water partition coefficient (Wildman–Crippen LogP) is 4.25. The Morgan fingerprint density at radius 1 is 1.09 bits per heavy atom. The molecule has 1 heterocycles. The fourth-order valence-electron chi connectivity index (χ4n) is 3.89. The van der Waals surface area contributed by atoms with Gasteiger partial charge in [0, 0.05) is 44.4 Å². The Bertz CT molecular complexity index is 968. The molecule has 32 heavy (non-hydrogen) atoms. The highest BCUT2D eigenvalue weighted by atomic mass is 16.5. The van der Waals surface area contributed by atoms with E-state index in [0.29, 0.717) is 17.1 Å². The van der Waals surface area contributed by atoms with Gasteiger partial charge in [-0.05, 0) is 35.1 Å². The summed E-state index contributed by atoms with van der Waals surface area (Å²) in [5.41, 5.74) is 3.82. The molecular weight excluding hydrogens is 404 g/mol. The van der Waals surface area contributed by atoms with Crippen LogP contribution in [-0.4, -0.2) is 43.1 Å². The number of carbonyl (C=O) groups excluding carboxylic acids is 2. The third kappa shape index (κ3) is 6.23. The molecule has 3 N–H and O–H groups in total. The molecule has 172 valence electrons. The van der Waals surface area contributed by atoms with E-state index in [-0.39, 0.29) is 23.4 Å². The minimum Gasteiger partial charge on any atom is -0.494 e. The first kappa shape index (κ1) is 23.6. The number of urea groups is 1. The first-order valence-corrected chi connectivity index (χ1v) is 11.0. The number of methoxy groups -OCH3 is 1. The number of carbonyl (C=O) groups is 2. The van der Waals surface area contributed by atoms with Gasteiger partial charge in [-0.15, -0.1) is 0 Å². The van der Waals surface area contributed by atoms with Crippen molar-refractivity contribution in [1.29, 1.82) is 0 Å². The topological polar surface area (TPSA) is 82.7 Å². The average Bonchev–Trinajstić information content (AvgIpc) is 2.73. The smallest absolute Gasteiger partial charge is 0.319 e. The minimum absolute atomic E-state index is 0.0340. The van der Waals surface area contributed by atoms with Crippen LogP contribution >= 0.6 is 0 Å². The van der Waals surface area contributed by atoms with Crippen LogP contribution in [-0.2, 0) is 17.8 Å². The van der Waals surface area contributed by atoms with E-state index in [1.165, 1.54) is 25.2 Å². The summed E-state index contributed by atoms with van der Waals surface area (Å²) >= 11 is 0. The van der Waals surface area contributed by atoms with Crippen LogP contribution in [0.25, 0.3) is 0 Å². The second-order valence-electron chi connectivity index (χ2n) is 9.37. The number of anilines is 2. The van der Waals surface area contributed by atoms with E-state index in [0.717, 1.165) is 26.1 Å². The first-order valence-electron chi connectivity index (χ1n) is 11.0. The van der Waals surface area contributed by atoms with Crippen molar-refractivity contribution in [2.45, 2.75) is 46.7 Å². The third-order valence-corrected chi connectivity index (χ3v) is 5.77. The number of hydrogen-bond acceptors (Lipinski definition) is 4. The molecule has 0 aromatic heterocycles. The third-order valence-electron chi connectivity index (χ3n) is 5.77. The zero-order chi connectivity index (χ0) is 23.3. The summed E-state index contributed by atoms with van der Waals surface area (Å²) in [5.74, 6) is 0.299. The number of benzene rings is 2. The van der Waals surface area contributed by atoms with Crippen molar-refractivity contribution < 1.29 is 14.3 Å². The Labute approximate surface area is 190 Å². The Kier molecular flexibility index (Phi) is 7.40. The summed E-state index contributed by atoms with van der Waals surface area (Å²) in [7, 11) is 1.52. The summed E-state index contributed by atoms with van der Waals surface area (Å²) in [5, 5.41) is 8.76. The SMILES string of the molecule is COc1cc(NC(=O)N[C@@H](CN2CCc3ccccc3C2)C(C)(C)C)ccc1NC(C)=O. The van der Waals surface area contributed by atoms with E-state index in [1.54, 1.807) is 18.2 Å². The first-order chi connectivity index (χ1) is 15.2. The molecule has 1 atom stereocenters. The van der Waals surface area contributed by atoms with Gasteiger partial charge in [-0.3, -0.25) is 9.69 Å². The molecule has 2 aromatic carbocycles. The lowest BCUT2D eigenvalue weighted by Crippen LogP contribution is -2.52. The van der Waals surface area contributed by atoms with E-state index in [9.17, 15) is 9.59 Å². The Morgan fingerprint density at radius 3 is 2.47 bits per heavy atom. The lowest BCUT2D eigenvalue weighted by molar-refractivity contribution is -0.114. The lowest BCUT2D eigenvalue weighted by Gasteiger charge is -2.37. The quantitative estimate of drug-likeness (QED) is 0.630. The molecule has 2 aromatic rings. The Morgan fingerprint density at radius 2 is 1.81 bits per heavy atom. The van der Waals surface area contributed by atoms with E-state index in [1.807, 2.05) is 0 Å². The van der Waals surface area contributed by atoms with Crippen molar-refractivity contribution in [3.63, 3.8) is 0 Å². The number of amides is 3. The van der Waals surface area contributed by atoms with E-state index >= 15 is 0 Å². The van der Waals surface area contributed by atoms with Gasteiger partial charge in [0.15, 0.2) is 0 Å². The van der Waals surface area contributed by atoms with Crippen molar-refractivity contribution in [1.82, 2.24) is 10.2 Å². The van der Waals surface area contributed by atoms with Crippen LogP contribution in [0, 0.1) is 5.41 Å². The highest BCUT2D eigenvalue weighted by Gasteiger charge is 2.29. The minimum atomic E-state index is -0.267. The largest absolute Gasteiger partial charge is 0.494 e. The molecule has 3 rings (SSSR count). The van der Waals surface area contributed by atoms with Crippen LogP contribution in [0.4, 0.5) is 16.2 Å². The molecule has 0 bridgehead atoms. The normalized spacial score (nSPS) is 14.8. The Hall–Kier alpha value is -3.06. The molecule has 1 aliphatic heterocycles. The lowest BCUT2D eigenvalue weighted by atomic mass is 9.86. The maximum atomic E-state index is 12.8. The number of ether oxygens (including phenoxy) is 1. The number of nitrogens with zero attached hydrogens (tertiary/aromatic N) is 1. The van der Waals surface area contributed by atoms with Crippen molar-refractivity contribution in [2.24, 2.45) is 5.41 Å². The standard InChI is InChI=1S/C25H34N4O3/c1-17(30)26-21-11-10-20(14-22(21)32-5)27-24(31)28-23(25(2,3)4)16-29-13-12-18-8-6-7-9-19(18)15-29/h6-11,14,23H,12-13,15-16H2,1-5H3,(H,26,30)(H2,27,28,31)/t23-/m0/s1. The molecular formula is C25H34N4O3. The van der Waals surface area contributed by atoms with Crippen LogP contribution in [0.15, 0.2) is 42.5 Å². The van der Waals surface area contributed by atoms with Crippen LogP contribution in [0.2, 0.25) is 0 Å². The second kappa shape index (κ2) is 10.0. The van der Waals surface area contributed by atoms with Crippen LogP contribution in [0.5, 0.6) is 5.75 Å². The average molecular weight is 439 g/mol. The van der Waals surface area contributed by atoms with Gasteiger partial charge in [-0.1, -0.05) is 45.0 Å². The fourth-order valence-corrected chi connectivity index (χ4v) is 3.89. The molecule has 7 nitrogen and oxygen atoms in total. The molecule has 0 saturated heterocycles. The summed E-state index contributed by atoms with van der Waals surface area (Å²) < 4.78 is 5.34. The van der Waals surface area contributed by atoms with Gasteiger partial charge >= 0.3 is 6.03 Å². The van der Waals surface area contributed by atoms with Crippen molar-refractivity contribution in [3.8, 4) is 5.75 Å². The molecule has 0 spiro atoms. The second-order valence-corrected chi connectivity index (χ2v) is 9.37. The molecule has 0 saturated carbocycles. The molecule has 1 aliphatic rings. The van der Waals surface area contributed by atoms with E-state index < -0.39 is 0 Å². The van der Waals surface area contributed by atoms with Gasteiger partial charge in [0.1, 0.15) is 5.75 Å². The Balaban J connectivity index is 1.65. The van der Waals surface area contributed by atoms with Crippen LogP contribution in [0.1, 0.15) is 38.8 Å². The van der Waals surface area contributed by atoms with Crippen LogP contribution < -0.4 is 20.7 Å². The molecule has 3 amide bonds. The zero-order valence-electron chi connectivity index (χ0n) is 19.6. The zero-order valence-corrected chi connectivity index (χ0v) is 19.6. The van der Waals surface area contributed by atoms with Crippen molar-refractivity contribution in [2.75, 3.05) is 30.8 Å². The van der Waals surface area contributed by atoms with Crippen LogP contribution in [0.3, 0.4) is 0 Å². The monoisotopic (exact) mass is 438 g/mol.